The van der Waals surface area contributed by atoms with Crippen molar-refractivity contribution in [1.29, 1.82) is 0 Å². The molecule has 2 aliphatic rings. The fourth-order valence-corrected chi connectivity index (χ4v) is 3.43. The van der Waals surface area contributed by atoms with E-state index in [9.17, 15) is 0 Å². The van der Waals surface area contributed by atoms with Crippen LogP contribution in [0.2, 0.25) is 5.02 Å². The molecule has 0 saturated carbocycles. The van der Waals surface area contributed by atoms with Crippen LogP contribution in [-0.2, 0) is 11.3 Å². The van der Waals surface area contributed by atoms with Gasteiger partial charge >= 0.3 is 0 Å². The zero-order valence-electron chi connectivity index (χ0n) is 10.8. The molecule has 0 aliphatic carbocycles. The third-order valence-corrected chi connectivity index (χ3v) is 4.56. The Hall–Kier alpha value is -1.03. The van der Waals surface area contributed by atoms with Crippen LogP contribution in [-0.4, -0.2) is 42.3 Å². The first kappa shape index (κ1) is 11.8. The van der Waals surface area contributed by atoms with Gasteiger partial charge in [-0.05, 0) is 24.3 Å². The molecule has 1 aromatic carbocycles. The maximum absolute atomic E-state index is 6.01. The van der Waals surface area contributed by atoms with Gasteiger partial charge in [0, 0.05) is 53.7 Å². The summed E-state index contributed by atoms with van der Waals surface area (Å²) in [5.74, 6) is 0. The average molecular weight is 277 g/mol. The molecule has 19 heavy (non-hydrogen) atoms. The topological polar surface area (TPSA) is 17.4 Å². The summed E-state index contributed by atoms with van der Waals surface area (Å²) in [7, 11) is 0. The maximum atomic E-state index is 6.01. The Balaban J connectivity index is 1.42. The normalized spacial score (nSPS) is 21.5. The minimum Gasteiger partial charge on any atom is -0.380 e. The number of ether oxygens (including phenoxy) is 1. The third-order valence-electron chi connectivity index (χ3n) is 4.32. The molecule has 3 nitrogen and oxygen atoms in total. The summed E-state index contributed by atoms with van der Waals surface area (Å²) in [6.07, 6.45) is 2.16. The van der Waals surface area contributed by atoms with Crippen molar-refractivity contribution in [3.63, 3.8) is 0 Å². The lowest BCUT2D eigenvalue weighted by atomic mass is 9.78. The van der Waals surface area contributed by atoms with Crippen LogP contribution >= 0.6 is 11.6 Å². The zero-order chi connectivity index (χ0) is 12.9. The standard InChI is InChI=1S/C15H17ClN2O/c16-13-1-2-14-12(7-13)3-4-18(14)6-5-17-8-15(9-17)10-19-11-15/h1-4,7H,5-6,8-11H2. The zero-order valence-corrected chi connectivity index (χ0v) is 11.6. The van der Waals surface area contributed by atoms with E-state index in [2.05, 4.69) is 27.8 Å². The van der Waals surface area contributed by atoms with E-state index in [-0.39, 0.29) is 0 Å². The lowest BCUT2D eigenvalue weighted by molar-refractivity contribution is -0.189. The molecule has 3 heterocycles. The van der Waals surface area contributed by atoms with E-state index in [0.29, 0.717) is 5.41 Å². The van der Waals surface area contributed by atoms with Crippen molar-refractivity contribution >= 4 is 22.5 Å². The summed E-state index contributed by atoms with van der Waals surface area (Å²) in [5.41, 5.74) is 1.79. The number of hydrogen-bond donors (Lipinski definition) is 0. The summed E-state index contributed by atoms with van der Waals surface area (Å²) in [6.45, 7) is 6.51. The van der Waals surface area contributed by atoms with Crippen LogP contribution in [0.5, 0.6) is 0 Å². The number of rotatable bonds is 3. The van der Waals surface area contributed by atoms with E-state index in [0.717, 1.165) is 31.3 Å². The Morgan fingerprint density at radius 1 is 1.16 bits per heavy atom. The van der Waals surface area contributed by atoms with Gasteiger partial charge in [0.2, 0.25) is 0 Å². The van der Waals surface area contributed by atoms with E-state index in [1.165, 1.54) is 24.0 Å². The Kier molecular flexibility index (Phi) is 2.62. The molecular weight excluding hydrogens is 260 g/mol. The van der Waals surface area contributed by atoms with Crippen LogP contribution < -0.4 is 0 Å². The molecule has 100 valence electrons. The second-order valence-electron chi connectivity index (χ2n) is 5.92. The van der Waals surface area contributed by atoms with Crippen molar-refractivity contribution in [3.8, 4) is 0 Å². The molecule has 2 aliphatic heterocycles. The van der Waals surface area contributed by atoms with Crippen LogP contribution in [0.3, 0.4) is 0 Å². The molecule has 0 unspecified atom stereocenters. The van der Waals surface area contributed by atoms with Crippen molar-refractivity contribution in [3.05, 3.63) is 35.5 Å². The largest absolute Gasteiger partial charge is 0.380 e. The highest BCUT2D eigenvalue weighted by atomic mass is 35.5. The molecule has 0 bridgehead atoms. The number of fused-ring (bicyclic) bond motifs is 1. The fourth-order valence-electron chi connectivity index (χ4n) is 3.25. The van der Waals surface area contributed by atoms with Gasteiger partial charge in [0.25, 0.3) is 0 Å². The number of hydrogen-bond acceptors (Lipinski definition) is 2. The van der Waals surface area contributed by atoms with Crippen molar-refractivity contribution in [2.45, 2.75) is 6.54 Å². The molecule has 1 aromatic heterocycles. The van der Waals surface area contributed by atoms with Gasteiger partial charge < -0.3 is 14.2 Å². The van der Waals surface area contributed by atoms with E-state index in [1.807, 2.05) is 12.1 Å². The number of likely N-dealkylation sites (tertiary alicyclic amines) is 1. The molecule has 0 atom stereocenters. The van der Waals surface area contributed by atoms with Crippen LogP contribution in [0.15, 0.2) is 30.5 Å². The SMILES string of the molecule is Clc1ccc2c(ccn2CCN2CC3(COC3)C2)c1. The second-order valence-corrected chi connectivity index (χ2v) is 6.35. The minimum absolute atomic E-state index is 0.520. The van der Waals surface area contributed by atoms with E-state index in [1.54, 1.807) is 0 Å². The molecule has 2 aromatic rings. The molecule has 0 N–H and O–H groups in total. The molecule has 2 saturated heterocycles. The Labute approximate surface area is 117 Å². The van der Waals surface area contributed by atoms with E-state index < -0.39 is 0 Å². The Morgan fingerprint density at radius 3 is 2.74 bits per heavy atom. The first-order chi connectivity index (χ1) is 9.24. The van der Waals surface area contributed by atoms with Gasteiger partial charge in [-0.2, -0.15) is 0 Å². The molecule has 2 fully saturated rings. The first-order valence-electron chi connectivity index (χ1n) is 6.79. The van der Waals surface area contributed by atoms with Crippen molar-refractivity contribution < 1.29 is 4.74 Å². The van der Waals surface area contributed by atoms with Gasteiger partial charge in [0.15, 0.2) is 0 Å². The van der Waals surface area contributed by atoms with Crippen LogP contribution in [0.25, 0.3) is 10.9 Å². The van der Waals surface area contributed by atoms with Crippen LogP contribution in [0, 0.1) is 5.41 Å². The summed E-state index contributed by atoms with van der Waals surface area (Å²) >= 11 is 6.01. The van der Waals surface area contributed by atoms with Gasteiger partial charge in [-0.3, -0.25) is 0 Å². The molecule has 4 heteroatoms. The Bertz CT molecular complexity index is 610. The maximum Gasteiger partial charge on any atom is 0.0569 e. The average Bonchev–Trinajstić information content (AvgIpc) is 2.67. The van der Waals surface area contributed by atoms with E-state index >= 15 is 0 Å². The highest BCUT2D eigenvalue weighted by molar-refractivity contribution is 6.31. The van der Waals surface area contributed by atoms with Crippen LogP contribution in [0.1, 0.15) is 0 Å². The van der Waals surface area contributed by atoms with Gasteiger partial charge in [-0.15, -0.1) is 0 Å². The lowest BCUT2D eigenvalue weighted by Crippen LogP contribution is -2.66. The van der Waals surface area contributed by atoms with Gasteiger partial charge in [-0.1, -0.05) is 11.6 Å². The van der Waals surface area contributed by atoms with Crippen molar-refractivity contribution in [2.24, 2.45) is 5.41 Å². The molecule has 4 rings (SSSR count). The predicted molar refractivity (Wildman–Crippen MR) is 76.6 cm³/mol. The highest BCUT2D eigenvalue weighted by Crippen LogP contribution is 2.37. The summed E-state index contributed by atoms with van der Waals surface area (Å²) < 4.78 is 7.62. The van der Waals surface area contributed by atoms with Gasteiger partial charge in [0.1, 0.15) is 0 Å². The van der Waals surface area contributed by atoms with Crippen LogP contribution in [0.4, 0.5) is 0 Å². The van der Waals surface area contributed by atoms with Gasteiger partial charge in [-0.25, -0.2) is 0 Å². The molecular formula is C15H17ClN2O. The molecule has 1 spiro atoms. The van der Waals surface area contributed by atoms with Crippen molar-refractivity contribution in [2.75, 3.05) is 32.8 Å². The van der Waals surface area contributed by atoms with Gasteiger partial charge in [0.05, 0.1) is 13.2 Å². The van der Waals surface area contributed by atoms with Crippen molar-refractivity contribution in [1.82, 2.24) is 9.47 Å². The summed E-state index contributed by atoms with van der Waals surface area (Å²) in [4.78, 5) is 2.52. The predicted octanol–water partition coefficient (Wildman–Crippen LogP) is 2.63. The fraction of sp³-hybridized carbons (Fsp3) is 0.467. The van der Waals surface area contributed by atoms with E-state index in [4.69, 9.17) is 16.3 Å². The number of halogens is 1. The summed E-state index contributed by atoms with van der Waals surface area (Å²) in [5, 5.41) is 2.03. The monoisotopic (exact) mass is 276 g/mol. The quantitative estimate of drug-likeness (QED) is 0.857. The third kappa shape index (κ3) is 1.97. The summed E-state index contributed by atoms with van der Waals surface area (Å²) in [6, 6.07) is 8.23. The smallest absolute Gasteiger partial charge is 0.0569 e. The Morgan fingerprint density at radius 2 is 2.00 bits per heavy atom. The number of aromatic nitrogens is 1. The molecule has 0 amide bonds. The molecule has 0 radical (unpaired) electrons. The first-order valence-corrected chi connectivity index (χ1v) is 7.17. The lowest BCUT2D eigenvalue weighted by Gasteiger charge is -2.55. The highest BCUT2D eigenvalue weighted by Gasteiger charge is 2.48. The minimum atomic E-state index is 0.520. The number of nitrogens with zero attached hydrogens (tertiary/aromatic N) is 2. The number of benzene rings is 1. The second kappa shape index (κ2) is 4.23.